The van der Waals surface area contributed by atoms with E-state index in [0.29, 0.717) is 12.1 Å². The first kappa shape index (κ1) is 14.9. The number of nitrogens with zero attached hydrogens (tertiary/aromatic N) is 1. The van der Waals surface area contributed by atoms with Gasteiger partial charge in [0.1, 0.15) is 18.5 Å². The van der Waals surface area contributed by atoms with Crippen LogP contribution in [0.5, 0.6) is 5.75 Å². The monoisotopic (exact) mass is 282 g/mol. The van der Waals surface area contributed by atoms with E-state index in [1.807, 2.05) is 43.3 Å². The van der Waals surface area contributed by atoms with Crippen LogP contribution in [0.2, 0.25) is 0 Å². The molecule has 0 aromatic heterocycles. The minimum absolute atomic E-state index is 0.229. The molecule has 2 aromatic rings. The van der Waals surface area contributed by atoms with Crippen LogP contribution < -0.4 is 10.1 Å². The molecule has 2 N–H and O–H groups in total. The van der Waals surface area contributed by atoms with E-state index in [4.69, 9.17) is 10.00 Å². The number of aliphatic hydroxyl groups is 1. The molecule has 0 aliphatic carbocycles. The highest BCUT2D eigenvalue weighted by molar-refractivity contribution is 5.47. The predicted octanol–water partition coefficient (Wildman–Crippen LogP) is 2.72. The Labute approximate surface area is 124 Å². The highest BCUT2D eigenvalue weighted by Crippen LogP contribution is 2.13. The van der Waals surface area contributed by atoms with E-state index < -0.39 is 6.10 Å². The normalized spacial score (nSPS) is 11.5. The van der Waals surface area contributed by atoms with Crippen molar-refractivity contribution in [3.8, 4) is 11.8 Å². The molecular formula is C17H18N2O2. The number of anilines is 1. The van der Waals surface area contributed by atoms with E-state index in [0.717, 1.165) is 17.0 Å². The number of aliphatic hydroxyl groups excluding tert-OH is 1. The lowest BCUT2D eigenvalue weighted by molar-refractivity contribution is 0.117. The fraction of sp³-hybridized carbons (Fsp3) is 0.235. The third-order valence-electron chi connectivity index (χ3n) is 2.99. The Morgan fingerprint density at radius 2 is 2.00 bits per heavy atom. The average Bonchev–Trinajstić information content (AvgIpc) is 2.51. The van der Waals surface area contributed by atoms with E-state index in [2.05, 4.69) is 11.4 Å². The summed E-state index contributed by atoms with van der Waals surface area (Å²) in [5, 5.41) is 21.7. The van der Waals surface area contributed by atoms with Crippen LogP contribution in [0.3, 0.4) is 0 Å². The third-order valence-corrected chi connectivity index (χ3v) is 2.99. The van der Waals surface area contributed by atoms with Crippen molar-refractivity contribution in [3.63, 3.8) is 0 Å². The van der Waals surface area contributed by atoms with E-state index in [-0.39, 0.29) is 6.61 Å². The Hall–Kier alpha value is -2.51. The number of aryl methyl sites for hydroxylation is 1. The molecule has 0 fully saturated rings. The van der Waals surface area contributed by atoms with E-state index >= 15 is 0 Å². The summed E-state index contributed by atoms with van der Waals surface area (Å²) >= 11 is 0. The standard InChI is InChI=1S/C17H18N2O2/c1-13-3-2-4-17(9-13)21-12-16(20)11-19-15-7-5-14(10-18)6-8-15/h2-9,16,19-20H,11-12H2,1H3. The van der Waals surface area contributed by atoms with E-state index in [1.54, 1.807) is 12.1 Å². The van der Waals surface area contributed by atoms with Gasteiger partial charge in [0.05, 0.1) is 11.6 Å². The van der Waals surface area contributed by atoms with Crippen LogP contribution in [0.15, 0.2) is 48.5 Å². The minimum Gasteiger partial charge on any atom is -0.491 e. The second-order valence-corrected chi connectivity index (χ2v) is 4.85. The number of ether oxygens (including phenoxy) is 1. The smallest absolute Gasteiger partial charge is 0.119 e. The lowest BCUT2D eigenvalue weighted by Crippen LogP contribution is -2.26. The van der Waals surface area contributed by atoms with Crippen LogP contribution in [0.25, 0.3) is 0 Å². The van der Waals surface area contributed by atoms with Gasteiger partial charge in [0.15, 0.2) is 0 Å². The lowest BCUT2D eigenvalue weighted by Gasteiger charge is -2.14. The molecule has 0 saturated heterocycles. The molecule has 1 unspecified atom stereocenters. The summed E-state index contributed by atoms with van der Waals surface area (Å²) < 4.78 is 5.54. The molecule has 0 heterocycles. The summed E-state index contributed by atoms with van der Waals surface area (Å²) in [6.07, 6.45) is -0.610. The van der Waals surface area contributed by atoms with Gasteiger partial charge in [0.25, 0.3) is 0 Å². The summed E-state index contributed by atoms with van der Waals surface area (Å²) in [4.78, 5) is 0. The molecule has 108 valence electrons. The molecule has 0 saturated carbocycles. The van der Waals surface area contributed by atoms with Gasteiger partial charge in [0.2, 0.25) is 0 Å². The molecule has 0 aliphatic heterocycles. The number of rotatable bonds is 6. The van der Waals surface area contributed by atoms with Crippen molar-refractivity contribution >= 4 is 5.69 Å². The van der Waals surface area contributed by atoms with Gasteiger partial charge in [-0.3, -0.25) is 0 Å². The topological polar surface area (TPSA) is 65.3 Å². The zero-order valence-corrected chi connectivity index (χ0v) is 11.9. The molecule has 0 bridgehead atoms. The van der Waals surface area contributed by atoms with Gasteiger partial charge < -0.3 is 15.2 Å². The average molecular weight is 282 g/mol. The molecule has 0 radical (unpaired) electrons. The van der Waals surface area contributed by atoms with Crippen LogP contribution in [0.1, 0.15) is 11.1 Å². The summed E-state index contributed by atoms with van der Waals surface area (Å²) in [7, 11) is 0. The van der Waals surface area contributed by atoms with Crippen molar-refractivity contribution in [2.24, 2.45) is 0 Å². The molecule has 2 rings (SSSR count). The Balaban J connectivity index is 1.76. The maximum atomic E-state index is 9.90. The highest BCUT2D eigenvalue weighted by atomic mass is 16.5. The maximum absolute atomic E-state index is 9.90. The van der Waals surface area contributed by atoms with Gasteiger partial charge in [-0.1, -0.05) is 12.1 Å². The SMILES string of the molecule is Cc1cccc(OCC(O)CNc2ccc(C#N)cc2)c1. The second kappa shape index (κ2) is 7.32. The number of hydrogen-bond acceptors (Lipinski definition) is 4. The molecule has 0 aliphatic rings. The van der Waals surface area contributed by atoms with Crippen molar-refractivity contribution in [2.45, 2.75) is 13.0 Å². The zero-order valence-electron chi connectivity index (χ0n) is 11.9. The molecular weight excluding hydrogens is 264 g/mol. The first-order valence-electron chi connectivity index (χ1n) is 6.79. The van der Waals surface area contributed by atoms with Crippen molar-refractivity contribution in [2.75, 3.05) is 18.5 Å². The number of nitriles is 1. The molecule has 21 heavy (non-hydrogen) atoms. The van der Waals surface area contributed by atoms with Gasteiger partial charge in [-0.05, 0) is 48.9 Å². The molecule has 4 heteroatoms. The van der Waals surface area contributed by atoms with E-state index in [9.17, 15) is 5.11 Å². The molecule has 0 amide bonds. The third kappa shape index (κ3) is 4.83. The molecule has 2 aromatic carbocycles. The lowest BCUT2D eigenvalue weighted by atomic mass is 10.2. The van der Waals surface area contributed by atoms with Gasteiger partial charge in [-0.15, -0.1) is 0 Å². The first-order chi connectivity index (χ1) is 10.2. The van der Waals surface area contributed by atoms with Crippen molar-refractivity contribution in [3.05, 3.63) is 59.7 Å². The highest BCUT2D eigenvalue weighted by Gasteiger charge is 2.05. The largest absolute Gasteiger partial charge is 0.491 e. The molecule has 4 nitrogen and oxygen atoms in total. The maximum Gasteiger partial charge on any atom is 0.119 e. The van der Waals surface area contributed by atoms with Crippen molar-refractivity contribution in [1.82, 2.24) is 0 Å². The minimum atomic E-state index is -0.610. The van der Waals surface area contributed by atoms with Gasteiger partial charge >= 0.3 is 0 Å². The van der Waals surface area contributed by atoms with Gasteiger partial charge in [0, 0.05) is 12.2 Å². The van der Waals surface area contributed by atoms with E-state index in [1.165, 1.54) is 0 Å². The Kier molecular flexibility index (Phi) is 5.19. The van der Waals surface area contributed by atoms with Crippen LogP contribution in [0, 0.1) is 18.3 Å². The van der Waals surface area contributed by atoms with Gasteiger partial charge in [-0.2, -0.15) is 5.26 Å². The number of benzene rings is 2. The molecule has 0 spiro atoms. The summed E-state index contributed by atoms with van der Waals surface area (Å²) in [5.41, 5.74) is 2.60. The Morgan fingerprint density at radius 3 is 2.67 bits per heavy atom. The fourth-order valence-electron chi connectivity index (χ4n) is 1.85. The van der Waals surface area contributed by atoms with Crippen molar-refractivity contribution in [1.29, 1.82) is 5.26 Å². The summed E-state index contributed by atoms with van der Waals surface area (Å²) in [6.45, 7) is 2.61. The fourth-order valence-corrected chi connectivity index (χ4v) is 1.85. The predicted molar refractivity (Wildman–Crippen MR) is 82.3 cm³/mol. The summed E-state index contributed by atoms with van der Waals surface area (Å²) in [6, 6.07) is 16.9. The Bertz CT molecular complexity index is 617. The van der Waals surface area contributed by atoms with Crippen LogP contribution in [0.4, 0.5) is 5.69 Å². The second-order valence-electron chi connectivity index (χ2n) is 4.85. The number of nitrogens with one attached hydrogen (secondary N) is 1. The van der Waals surface area contributed by atoms with Crippen molar-refractivity contribution < 1.29 is 9.84 Å². The number of hydrogen-bond donors (Lipinski definition) is 2. The molecule has 1 atom stereocenters. The summed E-state index contributed by atoms with van der Waals surface area (Å²) in [5.74, 6) is 0.757. The van der Waals surface area contributed by atoms with Crippen LogP contribution >= 0.6 is 0 Å². The van der Waals surface area contributed by atoms with Gasteiger partial charge in [-0.25, -0.2) is 0 Å². The quantitative estimate of drug-likeness (QED) is 0.855. The van der Waals surface area contributed by atoms with Crippen LogP contribution in [-0.2, 0) is 0 Å². The zero-order chi connectivity index (χ0) is 15.1. The first-order valence-corrected chi connectivity index (χ1v) is 6.79. The van der Waals surface area contributed by atoms with Crippen LogP contribution in [-0.4, -0.2) is 24.4 Å². The Morgan fingerprint density at radius 1 is 1.24 bits per heavy atom.